The van der Waals surface area contributed by atoms with Crippen molar-refractivity contribution in [3.05, 3.63) is 41.4 Å². The fraction of sp³-hybridized carbons (Fsp3) is 0.333. The molecular weight excluding hydrogens is 256 g/mol. The van der Waals surface area contributed by atoms with E-state index >= 15 is 0 Å². The molecule has 0 atom stereocenters. The normalized spacial score (nSPS) is 15.5. The van der Waals surface area contributed by atoms with E-state index in [1.54, 1.807) is 17.5 Å². The van der Waals surface area contributed by atoms with Gasteiger partial charge in [-0.05, 0) is 31.4 Å². The predicted molar refractivity (Wildman–Crippen MR) is 77.3 cm³/mol. The molecule has 1 fully saturated rings. The van der Waals surface area contributed by atoms with E-state index in [-0.39, 0.29) is 5.91 Å². The van der Waals surface area contributed by atoms with E-state index in [2.05, 4.69) is 4.98 Å². The summed E-state index contributed by atoms with van der Waals surface area (Å²) in [5.74, 6) is 0.158. The minimum Gasteiger partial charge on any atom is -0.339 e. The van der Waals surface area contributed by atoms with Gasteiger partial charge in [-0.3, -0.25) is 4.79 Å². The third-order valence-electron chi connectivity index (χ3n) is 3.45. The molecule has 0 N–H and O–H groups in total. The molecule has 3 rings (SSSR count). The molecule has 1 aliphatic rings. The highest BCUT2D eigenvalue weighted by molar-refractivity contribution is 7.13. The Bertz CT molecular complexity index is 542. The standard InChI is InChI=1S/C15H16N2OS/c18-15(17-9-2-1-3-10-17)13-6-4-12(5-7-13)14-16-8-11-19-14/h4-8,11H,1-3,9-10H2. The Morgan fingerprint density at radius 2 is 1.84 bits per heavy atom. The number of piperidine rings is 1. The molecule has 1 amide bonds. The second-order valence-electron chi connectivity index (χ2n) is 4.77. The van der Waals surface area contributed by atoms with Crippen LogP contribution >= 0.6 is 11.3 Å². The molecule has 1 saturated heterocycles. The molecule has 1 aromatic heterocycles. The lowest BCUT2D eigenvalue weighted by Gasteiger charge is -2.26. The largest absolute Gasteiger partial charge is 0.339 e. The number of hydrogen-bond donors (Lipinski definition) is 0. The van der Waals surface area contributed by atoms with Gasteiger partial charge in [-0.1, -0.05) is 12.1 Å². The second-order valence-corrected chi connectivity index (χ2v) is 5.66. The van der Waals surface area contributed by atoms with E-state index in [4.69, 9.17) is 0 Å². The van der Waals surface area contributed by atoms with Crippen LogP contribution < -0.4 is 0 Å². The quantitative estimate of drug-likeness (QED) is 0.839. The van der Waals surface area contributed by atoms with E-state index in [1.165, 1.54) is 6.42 Å². The number of likely N-dealkylation sites (tertiary alicyclic amines) is 1. The average molecular weight is 272 g/mol. The molecule has 4 heteroatoms. The molecule has 0 radical (unpaired) electrons. The Morgan fingerprint density at radius 3 is 2.47 bits per heavy atom. The van der Waals surface area contributed by atoms with Gasteiger partial charge in [-0.15, -0.1) is 11.3 Å². The molecule has 0 bridgehead atoms. The van der Waals surface area contributed by atoms with Crippen molar-refractivity contribution in [1.82, 2.24) is 9.88 Å². The van der Waals surface area contributed by atoms with Gasteiger partial charge in [-0.2, -0.15) is 0 Å². The lowest BCUT2D eigenvalue weighted by atomic mass is 10.1. The smallest absolute Gasteiger partial charge is 0.253 e. The van der Waals surface area contributed by atoms with Gasteiger partial charge in [0.25, 0.3) is 5.91 Å². The van der Waals surface area contributed by atoms with Gasteiger partial charge in [0.1, 0.15) is 5.01 Å². The van der Waals surface area contributed by atoms with Gasteiger partial charge >= 0.3 is 0 Å². The average Bonchev–Trinajstić information content (AvgIpc) is 3.02. The van der Waals surface area contributed by atoms with Crippen molar-refractivity contribution < 1.29 is 4.79 Å². The van der Waals surface area contributed by atoms with Crippen LogP contribution in [0.3, 0.4) is 0 Å². The first-order valence-electron chi connectivity index (χ1n) is 6.64. The number of hydrogen-bond acceptors (Lipinski definition) is 3. The molecular formula is C15H16N2OS. The van der Waals surface area contributed by atoms with Crippen LogP contribution in [0.4, 0.5) is 0 Å². The number of nitrogens with zero attached hydrogens (tertiary/aromatic N) is 2. The van der Waals surface area contributed by atoms with Gasteiger partial charge in [0, 0.05) is 35.8 Å². The molecule has 0 spiro atoms. The fourth-order valence-electron chi connectivity index (χ4n) is 2.40. The highest BCUT2D eigenvalue weighted by Gasteiger charge is 2.17. The molecule has 2 heterocycles. The van der Waals surface area contributed by atoms with Crippen LogP contribution in [0.5, 0.6) is 0 Å². The maximum Gasteiger partial charge on any atom is 0.253 e. The van der Waals surface area contributed by atoms with Crippen LogP contribution in [-0.2, 0) is 0 Å². The Labute approximate surface area is 116 Å². The van der Waals surface area contributed by atoms with Gasteiger partial charge in [0.05, 0.1) is 0 Å². The lowest BCUT2D eigenvalue weighted by molar-refractivity contribution is 0.0724. The summed E-state index contributed by atoms with van der Waals surface area (Å²) in [5, 5.41) is 2.96. The van der Waals surface area contributed by atoms with Crippen LogP contribution in [0.15, 0.2) is 35.8 Å². The Kier molecular flexibility index (Phi) is 3.60. The van der Waals surface area contributed by atoms with Crippen molar-refractivity contribution in [2.45, 2.75) is 19.3 Å². The summed E-state index contributed by atoms with van der Waals surface area (Å²) >= 11 is 1.61. The summed E-state index contributed by atoms with van der Waals surface area (Å²) in [5.41, 5.74) is 1.85. The first kappa shape index (κ1) is 12.4. The number of rotatable bonds is 2. The third-order valence-corrected chi connectivity index (χ3v) is 4.28. The number of carbonyl (C=O) groups excluding carboxylic acids is 1. The molecule has 2 aromatic rings. The van der Waals surface area contributed by atoms with Gasteiger partial charge < -0.3 is 4.90 Å². The molecule has 19 heavy (non-hydrogen) atoms. The third kappa shape index (κ3) is 2.68. The maximum absolute atomic E-state index is 12.3. The molecule has 1 aliphatic heterocycles. The minimum atomic E-state index is 0.158. The number of amides is 1. The predicted octanol–water partition coefficient (Wildman–Crippen LogP) is 3.44. The molecule has 3 nitrogen and oxygen atoms in total. The fourth-order valence-corrected chi connectivity index (χ4v) is 3.05. The number of benzene rings is 1. The van der Waals surface area contributed by atoms with E-state index < -0.39 is 0 Å². The highest BCUT2D eigenvalue weighted by atomic mass is 32.1. The van der Waals surface area contributed by atoms with Gasteiger partial charge in [0.15, 0.2) is 0 Å². The highest BCUT2D eigenvalue weighted by Crippen LogP contribution is 2.22. The van der Waals surface area contributed by atoms with Crippen molar-refractivity contribution in [1.29, 1.82) is 0 Å². The maximum atomic E-state index is 12.3. The van der Waals surface area contributed by atoms with Crippen molar-refractivity contribution in [3.8, 4) is 10.6 Å². The van der Waals surface area contributed by atoms with E-state index in [0.717, 1.165) is 42.1 Å². The first-order valence-corrected chi connectivity index (χ1v) is 7.52. The first-order chi connectivity index (χ1) is 9.34. The number of aromatic nitrogens is 1. The summed E-state index contributed by atoms with van der Waals surface area (Å²) in [6, 6.07) is 7.79. The SMILES string of the molecule is O=C(c1ccc(-c2nccs2)cc1)N1CCCCC1. The lowest BCUT2D eigenvalue weighted by Crippen LogP contribution is -2.35. The van der Waals surface area contributed by atoms with E-state index in [9.17, 15) is 4.79 Å². The summed E-state index contributed by atoms with van der Waals surface area (Å²) in [6.45, 7) is 1.79. The van der Waals surface area contributed by atoms with E-state index in [1.807, 2.05) is 34.5 Å². The van der Waals surface area contributed by atoms with Crippen LogP contribution in [0, 0.1) is 0 Å². The topological polar surface area (TPSA) is 33.2 Å². The van der Waals surface area contributed by atoms with Crippen molar-refractivity contribution in [2.75, 3.05) is 13.1 Å². The van der Waals surface area contributed by atoms with Gasteiger partial charge in [0.2, 0.25) is 0 Å². The zero-order valence-electron chi connectivity index (χ0n) is 10.7. The van der Waals surface area contributed by atoms with Crippen LogP contribution in [0.2, 0.25) is 0 Å². The number of thiazole rings is 1. The Balaban J connectivity index is 1.76. The van der Waals surface area contributed by atoms with Crippen molar-refractivity contribution >= 4 is 17.2 Å². The van der Waals surface area contributed by atoms with E-state index in [0.29, 0.717) is 0 Å². The van der Waals surface area contributed by atoms with Gasteiger partial charge in [-0.25, -0.2) is 4.98 Å². The van der Waals surface area contributed by atoms with Crippen LogP contribution in [0.25, 0.3) is 10.6 Å². The zero-order valence-corrected chi connectivity index (χ0v) is 11.5. The summed E-state index contributed by atoms with van der Waals surface area (Å²) in [7, 11) is 0. The van der Waals surface area contributed by atoms with Crippen molar-refractivity contribution in [2.24, 2.45) is 0 Å². The minimum absolute atomic E-state index is 0.158. The van der Waals surface area contributed by atoms with Crippen LogP contribution in [0.1, 0.15) is 29.6 Å². The Morgan fingerprint density at radius 1 is 1.11 bits per heavy atom. The summed E-state index contributed by atoms with van der Waals surface area (Å²) in [4.78, 5) is 18.5. The summed E-state index contributed by atoms with van der Waals surface area (Å²) in [6.07, 6.45) is 5.30. The molecule has 0 aliphatic carbocycles. The molecule has 0 saturated carbocycles. The second kappa shape index (κ2) is 5.53. The van der Waals surface area contributed by atoms with Crippen LogP contribution in [-0.4, -0.2) is 28.9 Å². The zero-order chi connectivity index (χ0) is 13.1. The molecule has 1 aromatic carbocycles. The van der Waals surface area contributed by atoms with Crippen molar-refractivity contribution in [3.63, 3.8) is 0 Å². The number of carbonyl (C=O) groups is 1. The molecule has 0 unspecified atom stereocenters. The summed E-state index contributed by atoms with van der Waals surface area (Å²) < 4.78 is 0. The monoisotopic (exact) mass is 272 g/mol. The Hall–Kier alpha value is -1.68. The molecule has 98 valence electrons.